The lowest BCUT2D eigenvalue weighted by molar-refractivity contribution is 0.125. The van der Waals surface area contributed by atoms with E-state index in [2.05, 4.69) is 19.2 Å². The van der Waals surface area contributed by atoms with Gasteiger partial charge in [-0.2, -0.15) is 0 Å². The molecule has 5 heteroatoms. The average Bonchev–Trinajstić information content (AvgIpc) is 2.13. The molecule has 0 fully saturated rings. The zero-order valence-electron chi connectivity index (χ0n) is 11.7. The molecule has 104 valence electrons. The Bertz CT molecular complexity index is 297. The molecule has 0 amide bonds. The number of nitrogens with one attached hydrogen (secondary N) is 1. The lowest BCUT2D eigenvalue weighted by Crippen LogP contribution is -2.42. The second-order valence-corrected chi connectivity index (χ2v) is 8.15. The van der Waals surface area contributed by atoms with E-state index in [1.54, 1.807) is 13.8 Å². The summed E-state index contributed by atoms with van der Waals surface area (Å²) in [6.45, 7) is 10.3. The first-order valence-electron chi connectivity index (χ1n) is 6.15. The molecule has 0 atom stereocenters. The minimum atomic E-state index is -3.01. The van der Waals surface area contributed by atoms with E-state index in [0.29, 0.717) is 25.6 Å². The Labute approximate surface area is 106 Å². The van der Waals surface area contributed by atoms with Crippen LogP contribution in [0, 0.1) is 5.92 Å². The van der Waals surface area contributed by atoms with Gasteiger partial charge in [0.2, 0.25) is 0 Å². The second kappa shape index (κ2) is 7.34. The van der Waals surface area contributed by atoms with Crippen LogP contribution in [0.5, 0.6) is 0 Å². The number of hydrogen-bond acceptors (Lipinski definition) is 4. The van der Waals surface area contributed by atoms with Crippen LogP contribution in [0.4, 0.5) is 0 Å². The monoisotopic (exact) mass is 265 g/mol. The minimum Gasteiger partial charge on any atom is -0.380 e. The van der Waals surface area contributed by atoms with Gasteiger partial charge in [-0.1, -0.05) is 13.8 Å². The summed E-state index contributed by atoms with van der Waals surface area (Å²) in [6.07, 6.45) is 2.34. The van der Waals surface area contributed by atoms with E-state index in [1.807, 2.05) is 0 Å². The van der Waals surface area contributed by atoms with Crippen molar-refractivity contribution in [1.82, 2.24) is 5.32 Å². The molecule has 0 unspecified atom stereocenters. The second-order valence-electron chi connectivity index (χ2n) is 5.50. The van der Waals surface area contributed by atoms with Gasteiger partial charge in [0.1, 0.15) is 0 Å². The summed E-state index contributed by atoms with van der Waals surface area (Å²) in [4.78, 5) is 0. The van der Waals surface area contributed by atoms with Gasteiger partial charge in [-0.25, -0.2) is 8.42 Å². The third-order valence-corrected chi connectivity index (χ3v) is 4.97. The van der Waals surface area contributed by atoms with Crippen LogP contribution in [0.15, 0.2) is 0 Å². The molecule has 0 aromatic rings. The lowest BCUT2D eigenvalue weighted by atomic mass is 10.1. The number of hydrogen-bond donors (Lipinski definition) is 1. The third-order valence-electron chi connectivity index (χ3n) is 2.82. The molecule has 1 N–H and O–H groups in total. The van der Waals surface area contributed by atoms with E-state index >= 15 is 0 Å². The van der Waals surface area contributed by atoms with Gasteiger partial charge in [0.05, 0.1) is 11.4 Å². The van der Waals surface area contributed by atoms with E-state index in [4.69, 9.17) is 4.74 Å². The van der Waals surface area contributed by atoms with Crippen molar-refractivity contribution in [2.75, 3.05) is 32.6 Å². The fourth-order valence-corrected chi connectivity index (χ4v) is 1.45. The number of ether oxygens (including phenoxy) is 1. The van der Waals surface area contributed by atoms with Crippen molar-refractivity contribution < 1.29 is 13.2 Å². The molecular weight excluding hydrogens is 238 g/mol. The van der Waals surface area contributed by atoms with Gasteiger partial charge < -0.3 is 10.1 Å². The molecular formula is C12H27NO3S. The van der Waals surface area contributed by atoms with Crippen LogP contribution in [0.2, 0.25) is 0 Å². The van der Waals surface area contributed by atoms with Gasteiger partial charge >= 0.3 is 0 Å². The van der Waals surface area contributed by atoms with Crippen molar-refractivity contribution in [3.63, 3.8) is 0 Å². The van der Waals surface area contributed by atoms with Crippen LogP contribution >= 0.6 is 0 Å². The van der Waals surface area contributed by atoms with E-state index in [1.165, 1.54) is 6.26 Å². The van der Waals surface area contributed by atoms with Crippen molar-refractivity contribution in [2.24, 2.45) is 5.92 Å². The molecule has 0 aromatic carbocycles. The summed E-state index contributed by atoms with van der Waals surface area (Å²) in [7, 11) is -3.01. The van der Waals surface area contributed by atoms with Crippen LogP contribution in [0.3, 0.4) is 0 Å². The zero-order chi connectivity index (χ0) is 13.5. The van der Waals surface area contributed by atoms with Crippen LogP contribution < -0.4 is 5.32 Å². The van der Waals surface area contributed by atoms with Crippen LogP contribution in [0.1, 0.15) is 34.1 Å². The summed E-state index contributed by atoms with van der Waals surface area (Å²) in [5.74, 6) is 0.659. The van der Waals surface area contributed by atoms with Crippen molar-refractivity contribution >= 4 is 9.84 Å². The highest BCUT2D eigenvalue weighted by molar-refractivity contribution is 7.92. The van der Waals surface area contributed by atoms with Gasteiger partial charge in [0.25, 0.3) is 0 Å². The quantitative estimate of drug-likeness (QED) is 0.641. The Kier molecular flexibility index (Phi) is 7.28. The lowest BCUT2D eigenvalue weighted by Gasteiger charge is -2.22. The predicted octanol–water partition coefficient (Wildman–Crippen LogP) is 1.46. The molecule has 4 nitrogen and oxygen atoms in total. The average molecular weight is 265 g/mol. The molecule has 0 saturated heterocycles. The largest absolute Gasteiger partial charge is 0.380 e. The highest BCUT2D eigenvalue weighted by Crippen LogP contribution is 2.12. The van der Waals surface area contributed by atoms with Gasteiger partial charge in [-0.05, 0) is 26.2 Å². The molecule has 0 saturated carbocycles. The molecule has 0 rings (SSSR count). The molecule has 0 bridgehead atoms. The first-order valence-corrected chi connectivity index (χ1v) is 8.04. The fraction of sp³-hybridized carbons (Fsp3) is 1.00. The molecule has 0 aliphatic rings. The molecule has 0 aliphatic carbocycles. The van der Waals surface area contributed by atoms with Gasteiger partial charge in [-0.3, -0.25) is 0 Å². The van der Waals surface area contributed by atoms with Crippen molar-refractivity contribution in [3.8, 4) is 0 Å². The van der Waals surface area contributed by atoms with E-state index in [-0.39, 0.29) is 0 Å². The zero-order valence-corrected chi connectivity index (χ0v) is 12.6. The van der Waals surface area contributed by atoms with Crippen LogP contribution in [-0.4, -0.2) is 45.7 Å². The summed E-state index contributed by atoms with van der Waals surface area (Å²) in [5, 5.41) is 3.12. The van der Waals surface area contributed by atoms with Crippen molar-refractivity contribution in [2.45, 2.75) is 38.9 Å². The van der Waals surface area contributed by atoms with E-state index in [0.717, 1.165) is 13.0 Å². The maximum Gasteiger partial charge on any atom is 0.153 e. The fourth-order valence-electron chi connectivity index (χ4n) is 1.09. The molecule has 0 radical (unpaired) electrons. The normalized spacial score (nSPS) is 13.3. The maximum absolute atomic E-state index is 11.4. The number of sulfone groups is 1. The van der Waals surface area contributed by atoms with Crippen molar-refractivity contribution in [3.05, 3.63) is 0 Å². The summed E-state index contributed by atoms with van der Waals surface area (Å²) >= 11 is 0. The Morgan fingerprint density at radius 3 is 2.29 bits per heavy atom. The molecule has 0 spiro atoms. The summed E-state index contributed by atoms with van der Waals surface area (Å²) < 4.78 is 27.6. The third kappa shape index (κ3) is 7.73. The predicted molar refractivity (Wildman–Crippen MR) is 72.1 cm³/mol. The summed E-state index contributed by atoms with van der Waals surface area (Å²) in [6, 6.07) is 0. The molecule has 0 heterocycles. The standard InChI is InChI=1S/C12H27NO3S/c1-11(2)6-8-16-9-7-13-10-12(3,4)17(5,14)15/h11,13H,6-10H2,1-5H3. The van der Waals surface area contributed by atoms with Crippen LogP contribution in [0.25, 0.3) is 0 Å². The topological polar surface area (TPSA) is 55.4 Å². The van der Waals surface area contributed by atoms with Crippen molar-refractivity contribution in [1.29, 1.82) is 0 Å². The smallest absolute Gasteiger partial charge is 0.153 e. The SMILES string of the molecule is CC(C)CCOCCNCC(C)(C)S(C)(=O)=O. The van der Waals surface area contributed by atoms with Crippen LogP contribution in [-0.2, 0) is 14.6 Å². The Morgan fingerprint density at radius 2 is 1.82 bits per heavy atom. The van der Waals surface area contributed by atoms with E-state index < -0.39 is 14.6 Å². The number of rotatable bonds is 9. The van der Waals surface area contributed by atoms with E-state index in [9.17, 15) is 8.42 Å². The Morgan fingerprint density at radius 1 is 1.24 bits per heavy atom. The minimum absolute atomic E-state index is 0.458. The maximum atomic E-state index is 11.4. The first-order chi connectivity index (χ1) is 7.67. The molecule has 0 aromatic heterocycles. The van der Waals surface area contributed by atoms with Gasteiger partial charge in [-0.15, -0.1) is 0 Å². The molecule has 17 heavy (non-hydrogen) atoms. The highest BCUT2D eigenvalue weighted by Gasteiger charge is 2.29. The highest BCUT2D eigenvalue weighted by atomic mass is 32.2. The summed E-state index contributed by atoms with van der Waals surface area (Å²) in [5.41, 5.74) is 0. The Hall–Kier alpha value is -0.130. The first kappa shape index (κ1) is 16.9. The Balaban J connectivity index is 3.59. The molecule has 0 aliphatic heterocycles. The van der Waals surface area contributed by atoms with Gasteiger partial charge in [0.15, 0.2) is 9.84 Å². The van der Waals surface area contributed by atoms with Gasteiger partial charge in [0, 0.05) is 26.0 Å².